The van der Waals surface area contributed by atoms with E-state index in [2.05, 4.69) is 21.6 Å². The monoisotopic (exact) mass is 166 g/mol. The molecule has 0 aromatic rings. The molecule has 0 N–H and O–H groups in total. The van der Waals surface area contributed by atoms with Gasteiger partial charge in [-0.2, -0.15) is 0 Å². The Hall–Kier alpha value is 0.662. The van der Waals surface area contributed by atoms with Gasteiger partial charge in [0.15, 0.2) is 0 Å². The van der Waals surface area contributed by atoms with Gasteiger partial charge in [0.2, 0.25) is 0 Å². The molecule has 0 aromatic heterocycles. The average Bonchev–Trinajstić information content (AvgIpc) is 0.722. The Morgan fingerprint density at radius 3 is 0.800 bits per heavy atom. The van der Waals surface area contributed by atoms with Crippen LogP contribution in [-0.4, -0.2) is 0 Å². The first kappa shape index (κ1) is 5.66. The maximum atomic E-state index is 2.34. The first-order valence-electron chi connectivity index (χ1n) is 1.26. The van der Waals surface area contributed by atoms with Crippen LogP contribution in [0.15, 0.2) is 0 Å². The van der Waals surface area contributed by atoms with E-state index in [1.165, 1.54) is 0 Å². The third-order valence-electron chi connectivity index (χ3n) is 0. The van der Waals surface area contributed by atoms with Crippen molar-refractivity contribution in [3.05, 3.63) is 0 Å². The van der Waals surface area contributed by atoms with E-state index in [1.54, 1.807) is 0 Å². The van der Waals surface area contributed by atoms with E-state index in [1.807, 2.05) is 0 Å². The Kier molecular flexibility index (Phi) is 1.60. The zero-order chi connectivity index (χ0) is 4.50. The van der Waals surface area contributed by atoms with Gasteiger partial charge in [-0.3, -0.25) is 0 Å². The molecule has 0 atom stereocenters. The molecule has 0 nitrogen and oxygen atoms in total. The standard InChI is InChI=1S/4CH3.Pd/h4*1H3;. The quantitative estimate of drug-likeness (QED) is 0.485. The zero-order valence-electron chi connectivity index (χ0n) is 4.32. The van der Waals surface area contributed by atoms with Crippen LogP contribution in [0.3, 0.4) is 0 Å². The molecule has 0 bridgehead atoms. The fourth-order valence-electron chi connectivity index (χ4n) is 0. The molecule has 0 amide bonds. The average molecular weight is 167 g/mol. The van der Waals surface area contributed by atoms with Crippen LogP contribution in [0.5, 0.6) is 0 Å². The fourth-order valence-corrected chi connectivity index (χ4v) is 0. The molecular formula is C4H12Pd. The maximum absolute atomic E-state index is 2.34. The predicted molar refractivity (Wildman–Crippen MR) is 23.5 cm³/mol. The van der Waals surface area contributed by atoms with Crippen LogP contribution in [0.4, 0.5) is 0 Å². The fraction of sp³-hybridized carbons (Fsp3) is 1.00. The van der Waals surface area contributed by atoms with Crippen LogP contribution in [-0.2, 0) is 15.5 Å². The molecule has 5 heavy (non-hydrogen) atoms. The Bertz CT molecular complexity index is 19.1. The van der Waals surface area contributed by atoms with Crippen LogP contribution in [0.25, 0.3) is 0 Å². The van der Waals surface area contributed by atoms with Crippen LogP contribution >= 0.6 is 0 Å². The molecule has 0 aliphatic heterocycles. The topological polar surface area (TPSA) is 0 Å². The molecule has 0 aliphatic carbocycles. The van der Waals surface area contributed by atoms with Crippen molar-refractivity contribution in [1.29, 1.82) is 0 Å². The van der Waals surface area contributed by atoms with Crippen molar-refractivity contribution in [2.45, 2.75) is 21.6 Å². The van der Waals surface area contributed by atoms with Gasteiger partial charge in [0, 0.05) is 0 Å². The Labute approximate surface area is 37.6 Å². The second-order valence-corrected chi connectivity index (χ2v) is 11.2. The van der Waals surface area contributed by atoms with Gasteiger partial charge in [-0.1, -0.05) is 0 Å². The molecule has 0 spiro atoms. The minimum atomic E-state index is -0.700. The first-order chi connectivity index (χ1) is 2.00. The second-order valence-electron chi connectivity index (χ2n) is 1.90. The summed E-state index contributed by atoms with van der Waals surface area (Å²) in [6.07, 6.45) is 0. The van der Waals surface area contributed by atoms with Crippen molar-refractivity contribution in [2.75, 3.05) is 0 Å². The van der Waals surface area contributed by atoms with Crippen LogP contribution in [0, 0.1) is 0 Å². The predicted octanol–water partition coefficient (Wildman–Crippen LogP) is 2.33. The summed E-state index contributed by atoms with van der Waals surface area (Å²) in [5.41, 5.74) is 0. The van der Waals surface area contributed by atoms with Crippen molar-refractivity contribution < 1.29 is 15.5 Å². The second kappa shape index (κ2) is 1.41. The van der Waals surface area contributed by atoms with Crippen molar-refractivity contribution in [1.82, 2.24) is 0 Å². The Morgan fingerprint density at radius 1 is 0.800 bits per heavy atom. The van der Waals surface area contributed by atoms with Gasteiger partial charge in [0.25, 0.3) is 0 Å². The minimum absolute atomic E-state index is 0.700. The first-order valence-corrected chi connectivity index (χ1v) is 7.48. The molecule has 0 unspecified atom stereocenters. The molecular weight excluding hydrogens is 154 g/mol. The number of rotatable bonds is 0. The number of hydrogen-bond acceptors (Lipinski definition) is 0. The molecule has 0 saturated heterocycles. The molecule has 0 aromatic carbocycles. The Morgan fingerprint density at radius 2 is 0.800 bits per heavy atom. The molecule has 1 heteroatoms. The van der Waals surface area contributed by atoms with Crippen molar-refractivity contribution in [2.24, 2.45) is 0 Å². The zero-order valence-corrected chi connectivity index (χ0v) is 5.87. The molecule has 0 saturated carbocycles. The van der Waals surface area contributed by atoms with Gasteiger partial charge < -0.3 is 0 Å². The van der Waals surface area contributed by atoms with Gasteiger partial charge in [0.05, 0.1) is 0 Å². The van der Waals surface area contributed by atoms with Crippen LogP contribution < -0.4 is 0 Å². The molecule has 38 valence electrons. The summed E-state index contributed by atoms with van der Waals surface area (Å²) in [6.45, 7) is 0. The molecule has 0 fully saturated rings. The van der Waals surface area contributed by atoms with E-state index in [-0.39, 0.29) is 0 Å². The van der Waals surface area contributed by atoms with Gasteiger partial charge in [-0.05, 0) is 0 Å². The molecule has 0 radical (unpaired) electrons. The summed E-state index contributed by atoms with van der Waals surface area (Å²) in [4.78, 5) is 0. The summed E-state index contributed by atoms with van der Waals surface area (Å²) in [5, 5.41) is 9.35. The van der Waals surface area contributed by atoms with E-state index < -0.39 is 15.5 Å². The van der Waals surface area contributed by atoms with Gasteiger partial charge >= 0.3 is 37.1 Å². The SMILES string of the molecule is [CH3][Pd]([CH3])([CH3])[CH3]. The summed E-state index contributed by atoms with van der Waals surface area (Å²) in [7, 11) is 0. The van der Waals surface area contributed by atoms with Crippen LogP contribution in [0.2, 0.25) is 21.6 Å². The third-order valence-corrected chi connectivity index (χ3v) is 0. The van der Waals surface area contributed by atoms with E-state index in [4.69, 9.17) is 0 Å². The van der Waals surface area contributed by atoms with Gasteiger partial charge in [-0.25, -0.2) is 0 Å². The van der Waals surface area contributed by atoms with Crippen LogP contribution in [0.1, 0.15) is 0 Å². The van der Waals surface area contributed by atoms with E-state index in [0.717, 1.165) is 0 Å². The normalized spacial score (nSPS) is 15.2. The van der Waals surface area contributed by atoms with Gasteiger partial charge in [0.1, 0.15) is 0 Å². The summed E-state index contributed by atoms with van der Waals surface area (Å²) >= 11 is -0.700. The number of hydrogen-bond donors (Lipinski definition) is 0. The molecule has 0 heterocycles. The van der Waals surface area contributed by atoms with Crippen molar-refractivity contribution in [3.63, 3.8) is 0 Å². The van der Waals surface area contributed by atoms with E-state index >= 15 is 0 Å². The van der Waals surface area contributed by atoms with E-state index in [0.29, 0.717) is 0 Å². The van der Waals surface area contributed by atoms with Gasteiger partial charge in [-0.15, -0.1) is 0 Å². The molecule has 0 rings (SSSR count). The summed E-state index contributed by atoms with van der Waals surface area (Å²) in [6, 6.07) is 0. The summed E-state index contributed by atoms with van der Waals surface area (Å²) in [5.74, 6) is 0. The molecule has 0 aliphatic rings. The summed E-state index contributed by atoms with van der Waals surface area (Å²) < 4.78 is 0. The van der Waals surface area contributed by atoms with E-state index in [9.17, 15) is 0 Å². The Balaban J connectivity index is 3.02. The van der Waals surface area contributed by atoms with Crippen molar-refractivity contribution in [3.8, 4) is 0 Å². The van der Waals surface area contributed by atoms with Crippen molar-refractivity contribution >= 4 is 0 Å². The third kappa shape index (κ3) is 75.3.